The molecule has 8 heteroatoms. The minimum Gasteiger partial charge on any atom is -0.485 e. The highest BCUT2D eigenvalue weighted by atomic mass is 16.6. The maximum absolute atomic E-state index is 12.6. The second-order valence-corrected chi connectivity index (χ2v) is 6.18. The number of hydrogen-bond donors (Lipinski definition) is 2. The van der Waals surface area contributed by atoms with Crippen LogP contribution in [0.4, 0.5) is 4.79 Å². The summed E-state index contributed by atoms with van der Waals surface area (Å²) < 4.78 is 11.3. The molecule has 3 aliphatic heterocycles. The Morgan fingerprint density at radius 2 is 1.88 bits per heavy atom. The summed E-state index contributed by atoms with van der Waals surface area (Å²) in [5.74, 6) is 0.706. The van der Waals surface area contributed by atoms with E-state index in [1.54, 1.807) is 17.0 Å². The van der Waals surface area contributed by atoms with Crippen molar-refractivity contribution in [2.75, 3.05) is 19.7 Å². The van der Waals surface area contributed by atoms with Crippen molar-refractivity contribution in [3.05, 3.63) is 24.3 Å². The number of rotatable bonds is 1. The van der Waals surface area contributed by atoms with Crippen LogP contribution in [0.25, 0.3) is 0 Å². The summed E-state index contributed by atoms with van der Waals surface area (Å²) in [6, 6.07) is 6.75. The summed E-state index contributed by atoms with van der Waals surface area (Å²) >= 11 is 0. The highest BCUT2D eigenvalue weighted by Crippen LogP contribution is 2.32. The number of imide groups is 1. The zero-order chi connectivity index (χ0) is 16.7. The normalized spacial score (nSPS) is 24.5. The Morgan fingerprint density at radius 3 is 2.54 bits per heavy atom. The fourth-order valence-electron chi connectivity index (χ4n) is 3.33. The molecule has 1 atom stereocenters. The number of carbonyl (C=O) groups excluding carboxylic acids is 3. The lowest BCUT2D eigenvalue weighted by atomic mass is 9.87. The van der Waals surface area contributed by atoms with Crippen molar-refractivity contribution in [1.29, 1.82) is 0 Å². The molecule has 0 aromatic heterocycles. The Kier molecular flexibility index (Phi) is 3.33. The summed E-state index contributed by atoms with van der Waals surface area (Å²) in [4.78, 5) is 37.6. The summed E-state index contributed by atoms with van der Waals surface area (Å²) in [6.45, 7) is 0.927. The van der Waals surface area contributed by atoms with Gasteiger partial charge < -0.3 is 19.7 Å². The Morgan fingerprint density at radius 1 is 1.17 bits per heavy atom. The molecule has 0 bridgehead atoms. The number of nitrogens with zero attached hydrogens (tertiary/aromatic N) is 1. The number of carbonyl (C=O) groups is 3. The number of nitrogens with one attached hydrogen (secondary N) is 2. The summed E-state index contributed by atoms with van der Waals surface area (Å²) in [5.41, 5.74) is -0.885. The highest BCUT2D eigenvalue weighted by Gasteiger charge is 2.49. The Balaban J connectivity index is 1.41. The summed E-state index contributed by atoms with van der Waals surface area (Å²) in [6.07, 6.45) is 0.0852. The van der Waals surface area contributed by atoms with Gasteiger partial charge in [0.1, 0.15) is 12.1 Å². The van der Waals surface area contributed by atoms with Crippen LogP contribution in [0.5, 0.6) is 11.5 Å². The van der Waals surface area contributed by atoms with E-state index in [0.29, 0.717) is 37.4 Å². The van der Waals surface area contributed by atoms with Crippen LogP contribution in [-0.2, 0) is 9.59 Å². The Bertz CT molecular complexity index is 711. The third kappa shape index (κ3) is 2.34. The van der Waals surface area contributed by atoms with E-state index in [1.807, 2.05) is 12.1 Å². The molecule has 0 radical (unpaired) electrons. The quantitative estimate of drug-likeness (QED) is 0.708. The molecule has 0 saturated carbocycles. The van der Waals surface area contributed by atoms with E-state index >= 15 is 0 Å². The minimum atomic E-state index is -0.885. The van der Waals surface area contributed by atoms with Crippen molar-refractivity contribution >= 4 is 17.8 Å². The lowest BCUT2D eigenvalue weighted by Gasteiger charge is -2.38. The van der Waals surface area contributed by atoms with Crippen molar-refractivity contribution in [3.8, 4) is 11.5 Å². The van der Waals surface area contributed by atoms with Crippen LogP contribution in [0.2, 0.25) is 0 Å². The van der Waals surface area contributed by atoms with E-state index in [1.165, 1.54) is 0 Å². The Hall–Kier alpha value is -2.77. The van der Waals surface area contributed by atoms with Gasteiger partial charge in [0.15, 0.2) is 11.5 Å². The van der Waals surface area contributed by atoms with Gasteiger partial charge in [0, 0.05) is 13.1 Å². The van der Waals surface area contributed by atoms with Crippen molar-refractivity contribution in [2.45, 2.75) is 24.5 Å². The first-order valence-corrected chi connectivity index (χ1v) is 7.88. The number of para-hydroxylation sites is 2. The standard InChI is InChI=1S/C16H17N3O5/c20-13(12-9-23-10-3-1-2-4-11(10)24-12)19-7-5-16(6-8-19)14(21)17-15(22)18-16/h1-4,12H,5-9H2,(H2,17,18,21,22)/t12-/m1/s1. The van der Waals surface area contributed by atoms with Gasteiger partial charge in [-0.3, -0.25) is 14.9 Å². The van der Waals surface area contributed by atoms with Gasteiger partial charge in [0.05, 0.1) is 0 Å². The van der Waals surface area contributed by atoms with Crippen molar-refractivity contribution < 1.29 is 23.9 Å². The van der Waals surface area contributed by atoms with Crippen LogP contribution in [0.15, 0.2) is 24.3 Å². The van der Waals surface area contributed by atoms with Crippen LogP contribution in [0.3, 0.4) is 0 Å². The van der Waals surface area contributed by atoms with E-state index in [0.717, 1.165) is 0 Å². The number of ether oxygens (including phenoxy) is 2. The molecule has 0 aliphatic carbocycles. The number of fused-ring (bicyclic) bond motifs is 1. The molecule has 126 valence electrons. The molecule has 8 nitrogen and oxygen atoms in total. The lowest BCUT2D eigenvalue weighted by Crippen LogP contribution is -2.58. The van der Waals surface area contributed by atoms with E-state index in [2.05, 4.69) is 10.6 Å². The third-order valence-corrected chi connectivity index (χ3v) is 4.73. The molecule has 2 fully saturated rings. The van der Waals surface area contributed by atoms with E-state index < -0.39 is 17.7 Å². The SMILES string of the molecule is O=C1NC(=O)C2(CCN(C(=O)[C@H]3COc4ccccc4O3)CC2)N1. The molecule has 3 heterocycles. The second kappa shape index (κ2) is 5.40. The largest absolute Gasteiger partial charge is 0.485 e. The number of likely N-dealkylation sites (tertiary alicyclic amines) is 1. The predicted molar refractivity (Wildman–Crippen MR) is 81.6 cm³/mol. The van der Waals surface area contributed by atoms with Crippen molar-refractivity contribution in [3.63, 3.8) is 0 Å². The molecule has 2 N–H and O–H groups in total. The van der Waals surface area contributed by atoms with Gasteiger partial charge >= 0.3 is 6.03 Å². The average Bonchev–Trinajstić information content (AvgIpc) is 2.87. The van der Waals surface area contributed by atoms with Crippen LogP contribution >= 0.6 is 0 Å². The molecule has 2 saturated heterocycles. The minimum absolute atomic E-state index is 0.161. The first kappa shape index (κ1) is 14.8. The molecule has 0 unspecified atom stereocenters. The van der Waals surface area contributed by atoms with Gasteiger partial charge in [-0.2, -0.15) is 0 Å². The molecule has 4 rings (SSSR count). The molecular weight excluding hydrogens is 314 g/mol. The molecule has 4 amide bonds. The highest BCUT2D eigenvalue weighted by molar-refractivity contribution is 6.07. The van der Waals surface area contributed by atoms with Crippen LogP contribution in [0.1, 0.15) is 12.8 Å². The molecule has 1 aromatic carbocycles. The molecule has 1 aromatic rings. The van der Waals surface area contributed by atoms with Crippen LogP contribution in [-0.4, -0.2) is 54.1 Å². The molecular formula is C16H17N3O5. The molecule has 3 aliphatic rings. The average molecular weight is 331 g/mol. The van der Waals surface area contributed by atoms with Gasteiger partial charge in [0.25, 0.3) is 11.8 Å². The van der Waals surface area contributed by atoms with Gasteiger partial charge in [0.2, 0.25) is 6.10 Å². The fraction of sp³-hybridized carbons (Fsp3) is 0.438. The Labute approximate surface area is 138 Å². The zero-order valence-electron chi connectivity index (χ0n) is 12.9. The molecule has 1 spiro atoms. The fourth-order valence-corrected chi connectivity index (χ4v) is 3.33. The zero-order valence-corrected chi connectivity index (χ0v) is 12.9. The van der Waals surface area contributed by atoms with E-state index in [-0.39, 0.29) is 18.4 Å². The topological polar surface area (TPSA) is 97.0 Å². The third-order valence-electron chi connectivity index (χ3n) is 4.73. The predicted octanol–water partition coefficient (Wildman–Crippen LogP) is 0.0270. The maximum Gasteiger partial charge on any atom is 0.322 e. The van der Waals surface area contributed by atoms with Gasteiger partial charge in [-0.05, 0) is 25.0 Å². The lowest BCUT2D eigenvalue weighted by molar-refractivity contribution is -0.144. The van der Waals surface area contributed by atoms with Crippen molar-refractivity contribution in [2.24, 2.45) is 0 Å². The number of piperidine rings is 1. The van der Waals surface area contributed by atoms with Crippen molar-refractivity contribution in [1.82, 2.24) is 15.5 Å². The maximum atomic E-state index is 12.6. The van der Waals surface area contributed by atoms with E-state index in [4.69, 9.17) is 9.47 Å². The van der Waals surface area contributed by atoms with Crippen LogP contribution in [0, 0.1) is 0 Å². The van der Waals surface area contributed by atoms with E-state index in [9.17, 15) is 14.4 Å². The second-order valence-electron chi connectivity index (χ2n) is 6.18. The van der Waals surface area contributed by atoms with Gasteiger partial charge in [-0.1, -0.05) is 12.1 Å². The first-order chi connectivity index (χ1) is 11.6. The summed E-state index contributed by atoms with van der Waals surface area (Å²) in [5, 5.41) is 4.94. The summed E-state index contributed by atoms with van der Waals surface area (Å²) in [7, 11) is 0. The molecule has 24 heavy (non-hydrogen) atoms. The number of hydrogen-bond acceptors (Lipinski definition) is 5. The monoisotopic (exact) mass is 331 g/mol. The van der Waals surface area contributed by atoms with Gasteiger partial charge in [-0.15, -0.1) is 0 Å². The number of urea groups is 1. The number of amides is 4. The van der Waals surface area contributed by atoms with Gasteiger partial charge in [-0.25, -0.2) is 4.79 Å². The van der Waals surface area contributed by atoms with Crippen LogP contribution < -0.4 is 20.1 Å². The smallest absolute Gasteiger partial charge is 0.322 e. The number of benzene rings is 1. The first-order valence-electron chi connectivity index (χ1n) is 7.88.